The number of carbonyl (C=O) groups excluding carboxylic acids is 3. The highest BCUT2D eigenvalue weighted by Gasteiger charge is 2.46. The molecule has 26 heavy (non-hydrogen) atoms. The number of ether oxygens (including phenoxy) is 1. The zero-order chi connectivity index (χ0) is 18.3. The molecule has 6 nitrogen and oxygen atoms in total. The van der Waals surface area contributed by atoms with Crippen molar-refractivity contribution in [3.05, 3.63) is 64.7 Å². The molecule has 0 aliphatic carbocycles. The maximum Gasteiger partial charge on any atom is 0.340 e. The smallest absolute Gasteiger partial charge is 0.340 e. The van der Waals surface area contributed by atoms with Crippen molar-refractivity contribution in [3.63, 3.8) is 0 Å². The molecular weight excluding hydrogens is 356 g/mol. The molecule has 0 saturated carbocycles. The molecule has 2 amide bonds. The molecule has 7 heteroatoms. The number of benzene rings is 2. The normalized spacial score (nSPS) is 21.5. The van der Waals surface area contributed by atoms with E-state index in [1.54, 1.807) is 48.5 Å². The van der Waals surface area contributed by atoms with Crippen LogP contribution in [0.15, 0.2) is 48.5 Å². The van der Waals surface area contributed by atoms with Crippen molar-refractivity contribution in [1.82, 2.24) is 4.90 Å². The standard InChI is InChI=1S/C19H15ClN2O4/c20-13-7-3-4-8-14(13)21-17(24)15-9-10-16(23)22(15)18-11-5-1-2-6-12(11)19(25)26-18/h1-8,15,18H,9-10H2,(H,21,24)/t15-,18+/m1/s1. The first kappa shape index (κ1) is 16.6. The lowest BCUT2D eigenvalue weighted by molar-refractivity contribution is -0.144. The van der Waals surface area contributed by atoms with E-state index in [-0.39, 0.29) is 18.2 Å². The molecule has 1 N–H and O–H groups in total. The molecule has 0 spiro atoms. The van der Waals surface area contributed by atoms with E-state index in [0.717, 1.165) is 0 Å². The number of para-hydroxylation sites is 1. The number of halogens is 1. The summed E-state index contributed by atoms with van der Waals surface area (Å²) in [4.78, 5) is 38.6. The number of fused-ring (bicyclic) bond motifs is 1. The van der Waals surface area contributed by atoms with Crippen LogP contribution in [-0.4, -0.2) is 28.7 Å². The lowest BCUT2D eigenvalue weighted by atomic mass is 10.1. The van der Waals surface area contributed by atoms with Crippen molar-refractivity contribution in [2.24, 2.45) is 0 Å². The average Bonchev–Trinajstić information content (AvgIpc) is 3.17. The number of rotatable bonds is 3. The molecule has 2 aromatic carbocycles. The summed E-state index contributed by atoms with van der Waals surface area (Å²) in [7, 11) is 0. The Balaban J connectivity index is 1.62. The summed E-state index contributed by atoms with van der Waals surface area (Å²) < 4.78 is 5.40. The van der Waals surface area contributed by atoms with Crippen LogP contribution < -0.4 is 5.32 Å². The van der Waals surface area contributed by atoms with Gasteiger partial charge in [-0.1, -0.05) is 41.9 Å². The van der Waals surface area contributed by atoms with Crippen LogP contribution in [-0.2, 0) is 14.3 Å². The number of amides is 2. The van der Waals surface area contributed by atoms with E-state index < -0.39 is 18.2 Å². The zero-order valence-electron chi connectivity index (χ0n) is 13.6. The van der Waals surface area contributed by atoms with Crippen molar-refractivity contribution >= 4 is 35.1 Å². The topological polar surface area (TPSA) is 75.7 Å². The Hall–Kier alpha value is -2.86. The SMILES string of the molecule is O=C1O[C@H](N2C(=O)CC[C@@H]2C(=O)Nc2ccccc2Cl)c2ccccc21. The highest BCUT2D eigenvalue weighted by Crippen LogP contribution is 2.38. The molecule has 132 valence electrons. The first-order valence-electron chi connectivity index (χ1n) is 8.23. The Kier molecular flexibility index (Phi) is 4.12. The Morgan fingerprint density at radius 1 is 1.12 bits per heavy atom. The number of anilines is 1. The monoisotopic (exact) mass is 370 g/mol. The molecule has 1 fully saturated rings. The fourth-order valence-electron chi connectivity index (χ4n) is 3.37. The fourth-order valence-corrected chi connectivity index (χ4v) is 3.55. The van der Waals surface area contributed by atoms with Gasteiger partial charge in [0.25, 0.3) is 0 Å². The van der Waals surface area contributed by atoms with Crippen LogP contribution in [0.3, 0.4) is 0 Å². The van der Waals surface area contributed by atoms with Crippen LogP contribution in [0.2, 0.25) is 5.02 Å². The van der Waals surface area contributed by atoms with E-state index in [2.05, 4.69) is 5.32 Å². The van der Waals surface area contributed by atoms with E-state index in [9.17, 15) is 14.4 Å². The number of nitrogens with zero attached hydrogens (tertiary/aromatic N) is 1. The lowest BCUT2D eigenvalue weighted by Crippen LogP contribution is -2.43. The van der Waals surface area contributed by atoms with Crippen molar-refractivity contribution in [3.8, 4) is 0 Å². The van der Waals surface area contributed by atoms with E-state index in [0.29, 0.717) is 28.3 Å². The second-order valence-corrected chi connectivity index (χ2v) is 6.58. The van der Waals surface area contributed by atoms with Gasteiger partial charge in [-0.25, -0.2) is 4.79 Å². The first-order valence-corrected chi connectivity index (χ1v) is 8.60. The maximum absolute atomic E-state index is 12.8. The van der Waals surface area contributed by atoms with Gasteiger partial charge in [0.1, 0.15) is 6.04 Å². The number of cyclic esters (lactones) is 1. The van der Waals surface area contributed by atoms with E-state index in [1.165, 1.54) is 4.90 Å². The molecule has 2 atom stereocenters. The molecule has 2 heterocycles. The number of hydrogen-bond acceptors (Lipinski definition) is 4. The third-order valence-corrected chi connectivity index (χ3v) is 4.94. The van der Waals surface area contributed by atoms with Gasteiger partial charge in [0.15, 0.2) is 0 Å². The third-order valence-electron chi connectivity index (χ3n) is 4.61. The quantitative estimate of drug-likeness (QED) is 0.842. The summed E-state index contributed by atoms with van der Waals surface area (Å²) in [5, 5.41) is 3.17. The van der Waals surface area contributed by atoms with Gasteiger partial charge in [0.05, 0.1) is 16.3 Å². The molecule has 2 aliphatic rings. The fraction of sp³-hybridized carbons (Fsp3) is 0.211. The maximum atomic E-state index is 12.8. The minimum absolute atomic E-state index is 0.219. The van der Waals surface area contributed by atoms with E-state index in [1.807, 2.05) is 0 Å². The highest BCUT2D eigenvalue weighted by molar-refractivity contribution is 6.33. The second kappa shape index (κ2) is 6.46. The van der Waals surface area contributed by atoms with Gasteiger partial charge in [0.2, 0.25) is 18.0 Å². The van der Waals surface area contributed by atoms with E-state index in [4.69, 9.17) is 16.3 Å². The summed E-state index contributed by atoms with van der Waals surface area (Å²) in [6.45, 7) is 0. The van der Waals surface area contributed by atoms with Gasteiger partial charge in [-0.2, -0.15) is 0 Å². The molecule has 2 aliphatic heterocycles. The molecule has 0 bridgehead atoms. The van der Waals surface area contributed by atoms with Gasteiger partial charge < -0.3 is 10.1 Å². The molecule has 0 unspecified atom stereocenters. The van der Waals surface area contributed by atoms with Gasteiger partial charge in [0, 0.05) is 12.0 Å². The number of carbonyl (C=O) groups is 3. The van der Waals surface area contributed by atoms with Crippen LogP contribution in [0.25, 0.3) is 0 Å². The van der Waals surface area contributed by atoms with Gasteiger partial charge in [-0.3, -0.25) is 14.5 Å². The van der Waals surface area contributed by atoms with Crippen molar-refractivity contribution in [1.29, 1.82) is 0 Å². The Morgan fingerprint density at radius 2 is 1.85 bits per heavy atom. The number of likely N-dealkylation sites (tertiary alicyclic amines) is 1. The minimum atomic E-state index is -0.879. The van der Waals surface area contributed by atoms with Gasteiger partial charge >= 0.3 is 5.97 Å². The largest absolute Gasteiger partial charge is 0.433 e. The summed E-state index contributed by atoms with van der Waals surface area (Å²) in [6, 6.07) is 13.0. The average molecular weight is 371 g/mol. The van der Waals surface area contributed by atoms with Crippen molar-refractivity contribution in [2.45, 2.75) is 25.1 Å². The Morgan fingerprint density at radius 3 is 2.65 bits per heavy atom. The predicted molar refractivity (Wildman–Crippen MR) is 94.5 cm³/mol. The van der Waals surface area contributed by atoms with Crippen molar-refractivity contribution < 1.29 is 19.1 Å². The first-order chi connectivity index (χ1) is 12.6. The van der Waals surface area contributed by atoms with E-state index >= 15 is 0 Å². The molecule has 1 saturated heterocycles. The number of hydrogen-bond donors (Lipinski definition) is 1. The number of esters is 1. The summed E-state index contributed by atoms with van der Waals surface area (Å²) in [5.74, 6) is -1.07. The molecular formula is C19H15ClN2O4. The van der Waals surface area contributed by atoms with Crippen LogP contribution in [0.4, 0.5) is 5.69 Å². The van der Waals surface area contributed by atoms with Gasteiger partial charge in [-0.15, -0.1) is 0 Å². The molecule has 4 rings (SSSR count). The minimum Gasteiger partial charge on any atom is -0.433 e. The Bertz CT molecular complexity index is 914. The lowest BCUT2D eigenvalue weighted by Gasteiger charge is -2.29. The van der Waals surface area contributed by atoms with Gasteiger partial charge in [-0.05, 0) is 24.6 Å². The predicted octanol–water partition coefficient (Wildman–Crippen LogP) is 3.14. The highest BCUT2D eigenvalue weighted by atomic mass is 35.5. The van der Waals surface area contributed by atoms with Crippen LogP contribution >= 0.6 is 11.6 Å². The third kappa shape index (κ3) is 2.72. The molecule has 0 radical (unpaired) electrons. The Labute approximate surface area is 154 Å². The summed E-state index contributed by atoms with van der Waals surface area (Å²) in [5.41, 5.74) is 1.49. The van der Waals surface area contributed by atoms with Crippen molar-refractivity contribution in [2.75, 3.05) is 5.32 Å². The summed E-state index contributed by atoms with van der Waals surface area (Å²) >= 11 is 6.09. The molecule has 0 aromatic heterocycles. The summed E-state index contributed by atoms with van der Waals surface area (Å²) in [6.07, 6.45) is -0.307. The van der Waals surface area contributed by atoms with Crippen LogP contribution in [0.1, 0.15) is 35.0 Å². The second-order valence-electron chi connectivity index (χ2n) is 6.17. The number of nitrogens with one attached hydrogen (secondary N) is 1. The van der Waals surface area contributed by atoms with Crippen LogP contribution in [0, 0.1) is 0 Å². The zero-order valence-corrected chi connectivity index (χ0v) is 14.4. The molecule has 2 aromatic rings. The van der Waals surface area contributed by atoms with Crippen LogP contribution in [0.5, 0.6) is 0 Å².